The van der Waals surface area contributed by atoms with Crippen molar-refractivity contribution in [1.29, 1.82) is 0 Å². The van der Waals surface area contributed by atoms with E-state index in [4.69, 9.17) is 4.74 Å². The molecular formula is C20H36O2. The molecule has 0 heterocycles. The zero-order valence-corrected chi connectivity index (χ0v) is 15.8. The van der Waals surface area contributed by atoms with Crippen molar-refractivity contribution < 1.29 is 9.53 Å². The zero-order valence-electron chi connectivity index (χ0n) is 15.8. The van der Waals surface area contributed by atoms with Crippen molar-refractivity contribution in [2.45, 2.75) is 93.1 Å². The quantitative estimate of drug-likeness (QED) is 0.635. The molecule has 2 heteroatoms. The molecule has 0 N–H and O–H groups in total. The lowest BCUT2D eigenvalue weighted by atomic mass is 9.72. The van der Waals surface area contributed by atoms with Crippen molar-refractivity contribution in [3.63, 3.8) is 0 Å². The van der Waals surface area contributed by atoms with Gasteiger partial charge in [0.05, 0.1) is 5.41 Å². The van der Waals surface area contributed by atoms with Gasteiger partial charge < -0.3 is 4.74 Å². The lowest BCUT2D eigenvalue weighted by Crippen LogP contribution is -2.34. The number of hydrogen-bond acceptors (Lipinski definition) is 2. The minimum absolute atomic E-state index is 0.0918. The third-order valence-electron chi connectivity index (χ3n) is 5.88. The molecule has 2 unspecified atom stereocenters. The Labute approximate surface area is 137 Å². The fraction of sp³-hybridized carbons (Fsp3) is 0.950. The molecule has 0 radical (unpaired) electrons. The van der Waals surface area contributed by atoms with Crippen LogP contribution in [0.15, 0.2) is 0 Å². The Morgan fingerprint density at radius 1 is 1.05 bits per heavy atom. The first-order valence-corrected chi connectivity index (χ1v) is 9.15. The maximum Gasteiger partial charge on any atom is 0.312 e. The van der Waals surface area contributed by atoms with Gasteiger partial charge in [0.2, 0.25) is 0 Å². The molecule has 0 aromatic heterocycles. The molecule has 2 atom stereocenters. The van der Waals surface area contributed by atoms with Crippen LogP contribution in [0.25, 0.3) is 0 Å². The van der Waals surface area contributed by atoms with Crippen LogP contribution in [0.1, 0.15) is 87.0 Å². The summed E-state index contributed by atoms with van der Waals surface area (Å²) in [6.45, 7) is 15.9. The van der Waals surface area contributed by atoms with Gasteiger partial charge in [-0.15, -0.1) is 0 Å². The number of rotatable bonds is 3. The smallest absolute Gasteiger partial charge is 0.312 e. The van der Waals surface area contributed by atoms with Crippen LogP contribution >= 0.6 is 0 Å². The van der Waals surface area contributed by atoms with E-state index < -0.39 is 0 Å². The number of esters is 1. The van der Waals surface area contributed by atoms with Crippen LogP contribution in [0.5, 0.6) is 0 Å². The van der Waals surface area contributed by atoms with Gasteiger partial charge in [0.15, 0.2) is 0 Å². The van der Waals surface area contributed by atoms with Gasteiger partial charge in [0.25, 0.3) is 0 Å². The predicted octanol–water partition coefficient (Wildman–Crippen LogP) is 5.60. The van der Waals surface area contributed by atoms with Gasteiger partial charge in [-0.1, -0.05) is 48.5 Å². The van der Waals surface area contributed by atoms with E-state index in [1.54, 1.807) is 0 Å². The van der Waals surface area contributed by atoms with Crippen LogP contribution in [0.4, 0.5) is 0 Å². The molecule has 2 rings (SSSR count). The maximum atomic E-state index is 12.7. The van der Waals surface area contributed by atoms with Crippen LogP contribution < -0.4 is 0 Å². The lowest BCUT2D eigenvalue weighted by Gasteiger charge is -2.37. The first-order chi connectivity index (χ1) is 9.94. The normalized spacial score (nSPS) is 36.0. The van der Waals surface area contributed by atoms with E-state index in [2.05, 4.69) is 48.5 Å². The second-order valence-electron chi connectivity index (χ2n) is 10.2. The molecule has 0 saturated heterocycles. The molecule has 22 heavy (non-hydrogen) atoms. The molecule has 2 fully saturated rings. The molecule has 0 aromatic rings. The third-order valence-corrected chi connectivity index (χ3v) is 5.88. The third kappa shape index (κ3) is 4.06. The van der Waals surface area contributed by atoms with E-state index in [0.29, 0.717) is 11.3 Å². The molecule has 2 saturated carbocycles. The molecule has 0 spiro atoms. The minimum Gasteiger partial charge on any atom is -0.462 e. The average Bonchev–Trinajstić information content (AvgIpc) is 2.97. The van der Waals surface area contributed by atoms with E-state index in [1.807, 2.05) is 0 Å². The highest BCUT2D eigenvalue weighted by Crippen LogP contribution is 2.59. The Bertz CT molecular complexity index is 404. The number of hydrogen-bond donors (Lipinski definition) is 0. The Morgan fingerprint density at radius 3 is 1.91 bits per heavy atom. The minimum atomic E-state index is -0.181. The summed E-state index contributed by atoms with van der Waals surface area (Å²) in [5, 5.41) is 0. The lowest BCUT2D eigenvalue weighted by molar-refractivity contribution is -0.160. The molecule has 0 aliphatic heterocycles. The molecular weight excluding hydrogens is 272 g/mol. The summed E-state index contributed by atoms with van der Waals surface area (Å²) < 4.78 is 5.96. The Kier molecular flexibility index (Phi) is 4.73. The fourth-order valence-electron chi connectivity index (χ4n) is 4.35. The second kappa shape index (κ2) is 5.83. The van der Waals surface area contributed by atoms with Crippen molar-refractivity contribution >= 4 is 5.97 Å². The topological polar surface area (TPSA) is 26.3 Å². The van der Waals surface area contributed by atoms with E-state index in [1.165, 1.54) is 12.8 Å². The highest BCUT2D eigenvalue weighted by Gasteiger charge is 2.60. The predicted molar refractivity (Wildman–Crippen MR) is 91.6 cm³/mol. The van der Waals surface area contributed by atoms with Crippen LogP contribution in [0.3, 0.4) is 0 Å². The number of ether oxygens (including phenoxy) is 1. The fourth-order valence-corrected chi connectivity index (χ4v) is 4.35. The van der Waals surface area contributed by atoms with Gasteiger partial charge in [0.1, 0.15) is 6.10 Å². The van der Waals surface area contributed by atoms with E-state index in [9.17, 15) is 4.79 Å². The van der Waals surface area contributed by atoms with E-state index in [0.717, 1.165) is 31.6 Å². The van der Waals surface area contributed by atoms with Gasteiger partial charge in [-0.3, -0.25) is 4.79 Å². The van der Waals surface area contributed by atoms with Crippen LogP contribution in [0.2, 0.25) is 0 Å². The van der Waals surface area contributed by atoms with Gasteiger partial charge >= 0.3 is 5.97 Å². The summed E-state index contributed by atoms with van der Waals surface area (Å²) >= 11 is 0. The van der Waals surface area contributed by atoms with Crippen LogP contribution in [-0.2, 0) is 9.53 Å². The summed E-state index contributed by atoms with van der Waals surface area (Å²) in [7, 11) is 0. The second-order valence-corrected chi connectivity index (χ2v) is 10.2. The van der Waals surface area contributed by atoms with Crippen molar-refractivity contribution in [2.24, 2.45) is 28.1 Å². The van der Waals surface area contributed by atoms with Crippen molar-refractivity contribution in [2.75, 3.05) is 0 Å². The summed E-state index contributed by atoms with van der Waals surface area (Å²) in [6.07, 6.45) is 6.63. The first kappa shape index (κ1) is 17.8. The molecule has 128 valence electrons. The first-order valence-electron chi connectivity index (χ1n) is 9.15. The van der Waals surface area contributed by atoms with Crippen molar-refractivity contribution in [1.82, 2.24) is 0 Å². The highest BCUT2D eigenvalue weighted by molar-refractivity contribution is 5.80. The largest absolute Gasteiger partial charge is 0.462 e. The van der Waals surface area contributed by atoms with Crippen LogP contribution in [0, 0.1) is 28.1 Å². The van der Waals surface area contributed by atoms with Gasteiger partial charge in [0, 0.05) is 0 Å². The molecule has 2 nitrogen and oxygen atoms in total. The zero-order chi connectivity index (χ0) is 16.8. The average molecular weight is 309 g/mol. The van der Waals surface area contributed by atoms with Crippen molar-refractivity contribution in [3.05, 3.63) is 0 Å². The molecule has 0 aromatic carbocycles. The number of carbonyl (C=O) groups is 1. The SMILES string of the molecule is CC1CC1(CC(C)(C)C)C(=O)OC1CCC(C(C)(C)C)CC1. The monoisotopic (exact) mass is 308 g/mol. The van der Waals surface area contributed by atoms with Gasteiger partial charge in [-0.25, -0.2) is 0 Å². The van der Waals surface area contributed by atoms with Gasteiger partial charge in [-0.05, 0) is 61.2 Å². The summed E-state index contributed by atoms with van der Waals surface area (Å²) in [4.78, 5) is 12.7. The standard InChI is InChI=1S/C20H36O2/c1-14-12-20(14,13-18(2,3)4)17(21)22-16-10-8-15(9-11-16)19(5,6)7/h14-16H,8-13H2,1-7H3. The molecule has 2 aliphatic rings. The Hall–Kier alpha value is -0.530. The summed E-state index contributed by atoms with van der Waals surface area (Å²) in [6, 6.07) is 0. The van der Waals surface area contributed by atoms with Crippen LogP contribution in [-0.4, -0.2) is 12.1 Å². The molecule has 0 amide bonds. The number of carbonyl (C=O) groups excluding carboxylic acids is 1. The Morgan fingerprint density at radius 2 is 1.55 bits per heavy atom. The van der Waals surface area contributed by atoms with E-state index >= 15 is 0 Å². The summed E-state index contributed by atoms with van der Waals surface area (Å²) in [5.74, 6) is 1.35. The van der Waals surface area contributed by atoms with E-state index in [-0.39, 0.29) is 22.9 Å². The molecule has 0 bridgehead atoms. The summed E-state index contributed by atoms with van der Waals surface area (Å²) in [5.41, 5.74) is 0.389. The van der Waals surface area contributed by atoms with Gasteiger partial charge in [-0.2, -0.15) is 0 Å². The maximum absolute atomic E-state index is 12.7. The van der Waals surface area contributed by atoms with Crippen molar-refractivity contribution in [3.8, 4) is 0 Å². The highest BCUT2D eigenvalue weighted by atomic mass is 16.5. The molecule has 2 aliphatic carbocycles. The Balaban J connectivity index is 1.88.